The van der Waals surface area contributed by atoms with Crippen LogP contribution in [-0.4, -0.2) is 71.9 Å². The van der Waals surface area contributed by atoms with E-state index in [1.54, 1.807) is 7.11 Å². The molecule has 7 unspecified atom stereocenters. The Balaban J connectivity index is 1.62. The minimum atomic E-state index is -2.15. The third-order valence-corrected chi connectivity index (χ3v) is 13.8. The molecule has 250 valence electrons. The summed E-state index contributed by atoms with van der Waals surface area (Å²) in [6, 6.07) is 7.55. The number of hydrogen-bond acceptors (Lipinski definition) is 8. The van der Waals surface area contributed by atoms with E-state index in [1.807, 2.05) is 24.3 Å². The molecule has 2 saturated heterocycles. The zero-order valence-corrected chi connectivity index (χ0v) is 29.3. The average Bonchev–Trinajstić information content (AvgIpc) is 3.32. The van der Waals surface area contributed by atoms with Crippen LogP contribution in [0.1, 0.15) is 72.6 Å². The van der Waals surface area contributed by atoms with Crippen LogP contribution in [0.25, 0.3) is 0 Å². The number of hydrogen-bond donors (Lipinski definition) is 0. The molecule has 1 aromatic rings. The maximum atomic E-state index is 12.1. The summed E-state index contributed by atoms with van der Waals surface area (Å²) in [6.45, 7) is 14.4. The molecule has 2 heterocycles. The van der Waals surface area contributed by atoms with E-state index in [0.717, 1.165) is 44.3 Å². The van der Waals surface area contributed by atoms with Crippen LogP contribution in [0.5, 0.6) is 11.5 Å². The highest BCUT2D eigenvalue weighted by Crippen LogP contribution is 2.44. The van der Waals surface area contributed by atoms with Crippen molar-refractivity contribution in [3.63, 3.8) is 0 Å². The smallest absolute Gasteiger partial charge is 0.202 e. The van der Waals surface area contributed by atoms with Gasteiger partial charge in [0, 0.05) is 38.5 Å². The number of methoxy groups -OCH3 is 1. The average molecular weight is 643 g/mol. The molecule has 7 atom stereocenters. The minimum absolute atomic E-state index is 0.0265. The molecule has 1 saturated carbocycles. The Bertz CT molecular complexity index is 1170. The van der Waals surface area contributed by atoms with E-state index in [1.165, 1.54) is 6.92 Å². The van der Waals surface area contributed by atoms with Gasteiger partial charge in [-0.1, -0.05) is 44.9 Å². The lowest BCUT2D eigenvalue weighted by atomic mass is 9.93. The van der Waals surface area contributed by atoms with Crippen LogP contribution in [0, 0.1) is 23.7 Å². The number of Topliss-reactive ketones (excluding diaryl/α,β-unsaturated/α-hetero) is 1. The van der Waals surface area contributed by atoms with Crippen molar-refractivity contribution in [3.05, 3.63) is 36.4 Å². The minimum Gasteiger partial charge on any atom is -0.497 e. The molecule has 2 aliphatic heterocycles. The molecule has 0 amide bonds. The molecule has 8 nitrogen and oxygen atoms in total. The molecule has 1 aromatic carbocycles. The second-order valence-corrected chi connectivity index (χ2v) is 18.7. The van der Waals surface area contributed by atoms with Gasteiger partial charge in [0.2, 0.25) is 5.78 Å². The van der Waals surface area contributed by atoms with Crippen molar-refractivity contribution in [2.24, 2.45) is 11.8 Å². The maximum absolute atomic E-state index is 12.1. The van der Waals surface area contributed by atoms with Gasteiger partial charge in [-0.15, -0.1) is 0 Å². The monoisotopic (exact) mass is 642 g/mol. The number of rotatable bonds is 12. The van der Waals surface area contributed by atoms with E-state index in [4.69, 9.17) is 32.8 Å². The first-order valence-corrected chi connectivity index (χ1v) is 19.6. The lowest BCUT2D eigenvalue weighted by Gasteiger charge is -2.39. The molecule has 0 aromatic heterocycles. The van der Waals surface area contributed by atoms with Gasteiger partial charge in [-0.3, -0.25) is 4.79 Å². The summed E-state index contributed by atoms with van der Waals surface area (Å²) < 4.78 is 43.6. The van der Waals surface area contributed by atoms with Crippen LogP contribution in [0.4, 0.5) is 0 Å². The van der Waals surface area contributed by atoms with E-state index in [9.17, 15) is 4.79 Å². The Kier molecular flexibility index (Phi) is 13.1. The van der Waals surface area contributed by atoms with Crippen molar-refractivity contribution < 1.29 is 37.6 Å². The molecule has 0 bridgehead atoms. The van der Waals surface area contributed by atoms with Crippen molar-refractivity contribution in [1.82, 2.24) is 0 Å². The van der Waals surface area contributed by atoms with Crippen LogP contribution >= 0.6 is 0 Å². The maximum Gasteiger partial charge on any atom is 0.202 e. The molecule has 45 heavy (non-hydrogen) atoms. The van der Waals surface area contributed by atoms with Gasteiger partial charge in [0.05, 0.1) is 25.2 Å². The van der Waals surface area contributed by atoms with E-state index in [0.29, 0.717) is 32.0 Å². The van der Waals surface area contributed by atoms with Crippen LogP contribution in [0.3, 0.4) is 0 Å². The molecule has 1 aliphatic carbocycles. The number of ether oxygens (including phenoxy) is 6. The molecule has 0 radical (unpaired) electrons. The Morgan fingerprint density at radius 3 is 2.36 bits per heavy atom. The summed E-state index contributed by atoms with van der Waals surface area (Å²) in [5.41, 5.74) is 0. The van der Waals surface area contributed by atoms with Gasteiger partial charge >= 0.3 is 0 Å². The molecule has 3 aliphatic rings. The summed E-state index contributed by atoms with van der Waals surface area (Å²) >= 11 is 0. The largest absolute Gasteiger partial charge is 0.497 e. The van der Waals surface area contributed by atoms with Crippen molar-refractivity contribution in [1.29, 1.82) is 0 Å². The zero-order chi connectivity index (χ0) is 32.5. The zero-order valence-electron chi connectivity index (χ0n) is 28.3. The van der Waals surface area contributed by atoms with Crippen LogP contribution in [0.15, 0.2) is 36.4 Å². The van der Waals surface area contributed by atoms with Gasteiger partial charge in [0.25, 0.3) is 0 Å². The van der Waals surface area contributed by atoms with Crippen LogP contribution in [-0.2, 0) is 28.2 Å². The van der Waals surface area contributed by atoms with E-state index in [2.05, 4.69) is 57.9 Å². The number of benzene rings is 1. The SMILES string of the molecule is COc1cccc(OCC(C=CC2C(OC3CCCCO3)CC(O[Si](C)(C)C(C)(C)C)C2C#CC(C)=O)OC2CCCCO2)c1. The van der Waals surface area contributed by atoms with E-state index < -0.39 is 8.32 Å². The fraction of sp³-hybridized carbons (Fsp3) is 0.694. The van der Waals surface area contributed by atoms with Gasteiger partial charge in [0.15, 0.2) is 20.9 Å². The summed E-state index contributed by atoms with van der Waals surface area (Å²) in [7, 11) is -0.508. The van der Waals surface area contributed by atoms with Gasteiger partial charge in [-0.05, 0) is 74.7 Å². The summed E-state index contributed by atoms with van der Waals surface area (Å²) in [5.74, 6) is 7.07. The predicted molar refractivity (Wildman–Crippen MR) is 177 cm³/mol. The van der Waals surface area contributed by atoms with Crippen molar-refractivity contribution in [3.8, 4) is 23.3 Å². The molecule has 3 fully saturated rings. The quantitative estimate of drug-likeness (QED) is 0.104. The van der Waals surface area contributed by atoms with E-state index in [-0.39, 0.29) is 53.5 Å². The summed E-state index contributed by atoms with van der Waals surface area (Å²) in [5, 5.41) is 0.0265. The van der Waals surface area contributed by atoms with Crippen LogP contribution in [0.2, 0.25) is 18.1 Å². The highest BCUT2D eigenvalue weighted by atomic mass is 28.4. The first-order valence-electron chi connectivity index (χ1n) is 16.6. The lowest BCUT2D eigenvalue weighted by molar-refractivity contribution is -0.193. The Labute approximate surface area is 271 Å². The molecular formula is C36H54O8Si. The van der Waals surface area contributed by atoms with Crippen molar-refractivity contribution in [2.75, 3.05) is 26.9 Å². The van der Waals surface area contributed by atoms with Gasteiger partial charge < -0.3 is 32.8 Å². The molecule has 4 rings (SSSR count). The fourth-order valence-corrected chi connectivity index (χ4v) is 7.09. The molecule has 0 N–H and O–H groups in total. The molecular weight excluding hydrogens is 588 g/mol. The van der Waals surface area contributed by atoms with Crippen molar-refractivity contribution >= 4 is 14.1 Å². The number of carbonyl (C=O) groups excluding carboxylic acids is 1. The predicted octanol–water partition coefficient (Wildman–Crippen LogP) is 7.07. The molecule has 9 heteroatoms. The first-order chi connectivity index (χ1) is 21.4. The van der Waals surface area contributed by atoms with Gasteiger partial charge in [-0.25, -0.2) is 0 Å². The Morgan fingerprint density at radius 2 is 1.73 bits per heavy atom. The van der Waals surface area contributed by atoms with Gasteiger partial charge in [-0.2, -0.15) is 0 Å². The van der Waals surface area contributed by atoms with Gasteiger partial charge in [0.1, 0.15) is 24.2 Å². The summed E-state index contributed by atoms with van der Waals surface area (Å²) in [4.78, 5) is 12.1. The molecule has 0 spiro atoms. The number of carbonyl (C=O) groups is 1. The Hall–Kier alpha value is -2.19. The topological polar surface area (TPSA) is 81.7 Å². The Morgan fingerprint density at radius 1 is 1.04 bits per heavy atom. The fourth-order valence-electron chi connectivity index (χ4n) is 5.74. The number of ketones is 1. The van der Waals surface area contributed by atoms with Crippen LogP contribution < -0.4 is 9.47 Å². The second kappa shape index (κ2) is 16.6. The highest BCUT2D eigenvalue weighted by Gasteiger charge is 2.48. The van der Waals surface area contributed by atoms with Crippen molar-refractivity contribution in [2.45, 2.75) is 122 Å². The first kappa shape index (κ1) is 35.7. The third kappa shape index (κ3) is 10.7. The van der Waals surface area contributed by atoms with E-state index >= 15 is 0 Å². The lowest BCUT2D eigenvalue weighted by Crippen LogP contribution is -2.45. The standard InChI is InChI=1S/C36H54O8Si/c1-26(37)17-19-31-30(32(43-35-16-9-11-22-40-35)24-33(31)44-45(6,7)36(2,3)4)20-18-29(42-34-15-8-10-21-39-34)25-41-28-14-12-13-27(23-28)38-5/h12-14,18,20,23,29-35H,8-11,15-16,21-22,24-25H2,1-7H3. The second-order valence-electron chi connectivity index (χ2n) is 13.9. The summed E-state index contributed by atoms with van der Waals surface area (Å²) in [6.07, 6.45) is 9.52. The third-order valence-electron chi connectivity index (χ3n) is 9.31. The highest BCUT2D eigenvalue weighted by molar-refractivity contribution is 6.74. The normalized spacial score (nSPS) is 28.3.